The number of alkyl halides is 3. The monoisotopic (exact) mass is 1390 g/mol. The average molecular weight is 1390 g/mol. The Hall–Kier alpha value is -12.3. The van der Waals surface area contributed by atoms with E-state index in [1.165, 1.54) is 95.0 Å². The Morgan fingerprint density at radius 1 is 0.530 bits per heavy atom. The zero-order chi connectivity index (χ0) is 71.6. The number of rotatable bonds is 23. The molecule has 0 aliphatic heterocycles. The lowest BCUT2D eigenvalue weighted by Gasteiger charge is -2.27. The van der Waals surface area contributed by atoms with E-state index in [4.69, 9.17) is 30.1 Å². The molecule has 3 atom stereocenters. The van der Waals surface area contributed by atoms with Crippen LogP contribution in [0.15, 0.2) is 160 Å². The molecule has 0 fully saturated rings. The van der Waals surface area contributed by atoms with Gasteiger partial charge in [-0.05, 0) is 50.2 Å². The van der Waals surface area contributed by atoms with Crippen LogP contribution in [0.3, 0.4) is 0 Å². The second kappa shape index (κ2) is 30.0. The van der Waals surface area contributed by atoms with E-state index in [0.717, 1.165) is 12.4 Å². The molecule has 3 aromatic carbocycles. The maximum absolute atomic E-state index is 14.5. The van der Waals surface area contributed by atoms with Crippen LogP contribution in [0.4, 0.5) is 57.0 Å². The van der Waals surface area contributed by atoms with E-state index >= 15 is 0 Å². The van der Waals surface area contributed by atoms with Gasteiger partial charge in [-0.2, -0.15) is 28.5 Å². The smallest absolute Gasteiger partial charge is 0.394 e. The summed E-state index contributed by atoms with van der Waals surface area (Å²) in [6, 6.07) is 25.6. The van der Waals surface area contributed by atoms with Crippen LogP contribution < -0.4 is 27.0 Å². The molecular weight excluding hydrogens is 1340 g/mol. The van der Waals surface area contributed by atoms with Crippen LogP contribution in [0.25, 0.3) is 68.7 Å². The Kier molecular flexibility index (Phi) is 21.2. The van der Waals surface area contributed by atoms with Crippen molar-refractivity contribution in [1.82, 2.24) is 74.7 Å². The van der Waals surface area contributed by atoms with Crippen molar-refractivity contribution < 1.29 is 78.0 Å². The number of carbonyl (C=O) groups excluding carboxylic acids is 2. The van der Waals surface area contributed by atoms with Gasteiger partial charge in [-0.1, -0.05) is 70.1 Å². The number of anilines is 3. The maximum Gasteiger partial charge on any atom is 0.410 e. The number of carbonyl (C=O) groups is 2. The summed E-state index contributed by atoms with van der Waals surface area (Å²) in [6.45, 7) is 0.575. The molecule has 0 aliphatic carbocycles. The van der Waals surface area contributed by atoms with Crippen LogP contribution in [-0.2, 0) is 29.2 Å². The summed E-state index contributed by atoms with van der Waals surface area (Å²) in [7, 11) is 1.45. The Labute approximate surface area is 557 Å². The number of hydrogen-bond donors (Lipinski definition) is 7. The number of amides is 2. The third-order valence-electron chi connectivity index (χ3n) is 14.6. The Bertz CT molecular complexity index is 4800. The van der Waals surface area contributed by atoms with E-state index in [0.29, 0.717) is 57.1 Å². The predicted octanol–water partition coefficient (Wildman–Crippen LogP) is 7.62. The standard InChI is InChI=1S/C22H21F2N7O3.C21H19F2N7O3.C20H15F5N6O2/c1-22(33,21(25)32)12-30(2)20-15(24)10-26-19(27-20)17-9-18(16-7-8-34-29-16)31(28-17)11-13-5-3-4-6-14(13)23;1-21(32,20(24)31)11-26-18-14(23)9-25-19(27-18)16-8-17(15-6-7-33-29-15)30(28-16)10-12-4-2-3-5-13(12)22;21-12-4-2-1-3-11(12)9-31-16(14-5-6-33-30-14)7-15(29-31)19-26-8-13(22)18(28-19)27-17(10-32)20(23,24)25/h3-10,33H,11-12H2,1-2H3,(H2,25,32);2-9,32H,10-11H2,1H3,(H2,24,31)(H,25,26,27);1-8,17,32H,9-10H2,(H,26,27,28). The fourth-order valence-electron chi connectivity index (χ4n) is 9.27. The molecule has 37 heteroatoms. The topological polar surface area (TPSA) is 383 Å². The summed E-state index contributed by atoms with van der Waals surface area (Å²) in [6.07, 6.45) is 1.82. The number of nitrogens with zero attached hydrogens (tertiary/aromatic N) is 16. The van der Waals surface area contributed by atoms with Gasteiger partial charge in [-0.25, -0.2) is 56.2 Å². The van der Waals surface area contributed by atoms with Gasteiger partial charge >= 0.3 is 6.18 Å². The first kappa shape index (κ1) is 70.5. The minimum atomic E-state index is -4.84. The van der Waals surface area contributed by atoms with Crippen LogP contribution in [0.2, 0.25) is 0 Å². The van der Waals surface area contributed by atoms with Gasteiger partial charge in [-0.3, -0.25) is 23.6 Å². The lowest BCUT2D eigenvalue weighted by molar-refractivity contribution is -0.149. The number of nitrogens with one attached hydrogen (secondary N) is 2. The first-order valence-electron chi connectivity index (χ1n) is 29.3. The minimum absolute atomic E-state index is 0.0121. The van der Waals surface area contributed by atoms with Crippen molar-refractivity contribution in [2.24, 2.45) is 11.5 Å². The lowest BCUT2D eigenvalue weighted by atomic mass is 10.1. The summed E-state index contributed by atoms with van der Waals surface area (Å²) in [5, 5.41) is 58.4. The molecule has 100 heavy (non-hydrogen) atoms. The van der Waals surface area contributed by atoms with Crippen LogP contribution in [0, 0.1) is 34.9 Å². The molecular formula is C63H55F9N20O8. The second-order valence-corrected chi connectivity index (χ2v) is 22.2. The number of hydrogen-bond acceptors (Lipinski definition) is 23. The average Bonchev–Trinajstić information content (AvgIpc) is 1.59. The molecule has 2 amide bonds. The molecule has 0 saturated carbocycles. The van der Waals surface area contributed by atoms with Gasteiger partial charge in [0.05, 0.1) is 75.0 Å². The van der Waals surface area contributed by atoms with Crippen molar-refractivity contribution in [3.63, 3.8) is 0 Å². The van der Waals surface area contributed by atoms with Crippen molar-refractivity contribution in [3.05, 3.63) is 198 Å². The Balaban J connectivity index is 0.000000162. The van der Waals surface area contributed by atoms with Crippen molar-refractivity contribution >= 4 is 29.3 Å². The number of halogens is 9. The summed E-state index contributed by atoms with van der Waals surface area (Å²) >= 11 is 0. The summed E-state index contributed by atoms with van der Waals surface area (Å²) in [5.74, 6) is -7.18. The molecule has 12 rings (SSSR count). The van der Waals surface area contributed by atoms with Crippen LogP contribution in [0.5, 0.6) is 0 Å². The molecule has 3 unspecified atom stereocenters. The third kappa shape index (κ3) is 16.8. The molecule has 0 aliphatic rings. The van der Waals surface area contributed by atoms with Gasteiger partial charge in [0.15, 0.2) is 63.6 Å². The van der Waals surface area contributed by atoms with Crippen molar-refractivity contribution in [2.45, 2.75) is 56.9 Å². The summed E-state index contributed by atoms with van der Waals surface area (Å²) < 4.78 is 143. The Morgan fingerprint density at radius 3 is 1.26 bits per heavy atom. The molecule has 0 saturated heterocycles. The number of nitrogens with two attached hydrogens (primary N) is 2. The molecule has 12 aromatic rings. The lowest BCUT2D eigenvalue weighted by Crippen LogP contribution is -2.49. The number of benzene rings is 3. The molecule has 28 nitrogen and oxygen atoms in total. The fourth-order valence-corrected chi connectivity index (χ4v) is 9.27. The molecule has 0 spiro atoms. The zero-order valence-corrected chi connectivity index (χ0v) is 52.3. The van der Waals surface area contributed by atoms with E-state index < -0.39 is 82.6 Å². The molecule has 9 heterocycles. The SMILES string of the molecule is CC(O)(CNc1nc(-c2cc(-c3ccon3)n(Cc3ccccc3F)n2)ncc1F)C(N)=O.CN(CC(C)(O)C(N)=O)c1nc(-c2cc(-c3ccon3)n(Cc3ccccc3F)n2)ncc1F.OCC(Nc1nc(-c2cc(-c3ccon3)n(Cc3ccccc3F)n2)ncc1F)C(F)(F)F. The second-order valence-electron chi connectivity index (χ2n) is 22.2. The molecule has 518 valence electrons. The van der Waals surface area contributed by atoms with E-state index in [1.54, 1.807) is 72.8 Å². The van der Waals surface area contributed by atoms with E-state index in [2.05, 4.69) is 66.0 Å². The highest BCUT2D eigenvalue weighted by Gasteiger charge is 2.40. The largest absolute Gasteiger partial charge is 0.410 e. The van der Waals surface area contributed by atoms with Crippen LogP contribution in [0.1, 0.15) is 30.5 Å². The van der Waals surface area contributed by atoms with E-state index in [-0.39, 0.29) is 78.9 Å². The highest BCUT2D eigenvalue weighted by molar-refractivity contribution is 5.84. The minimum Gasteiger partial charge on any atom is -0.394 e. The van der Waals surface area contributed by atoms with Gasteiger partial charge in [0.25, 0.3) is 11.8 Å². The van der Waals surface area contributed by atoms with Gasteiger partial charge in [0.2, 0.25) is 0 Å². The number of aromatic nitrogens is 15. The van der Waals surface area contributed by atoms with Gasteiger partial charge in [0, 0.05) is 41.9 Å². The van der Waals surface area contributed by atoms with E-state index in [1.807, 2.05) is 5.32 Å². The molecule has 9 N–H and O–H groups in total. The first-order chi connectivity index (χ1) is 47.7. The van der Waals surface area contributed by atoms with Crippen LogP contribution in [-0.4, -0.2) is 152 Å². The molecule has 9 aromatic heterocycles. The van der Waals surface area contributed by atoms with Crippen molar-refractivity contribution in [1.29, 1.82) is 0 Å². The number of primary amides is 2. The summed E-state index contributed by atoms with van der Waals surface area (Å²) in [5.41, 5.74) is 10.8. The zero-order valence-electron chi connectivity index (χ0n) is 52.3. The number of likely N-dealkylation sites (N-methyl/N-ethyl adjacent to an activating group) is 1. The van der Waals surface area contributed by atoms with Crippen molar-refractivity contribution in [3.8, 4) is 68.7 Å². The van der Waals surface area contributed by atoms with E-state index in [9.17, 15) is 59.3 Å². The third-order valence-corrected chi connectivity index (χ3v) is 14.6. The maximum atomic E-state index is 14.5. The summed E-state index contributed by atoms with van der Waals surface area (Å²) in [4.78, 5) is 47.9. The Morgan fingerprint density at radius 2 is 0.900 bits per heavy atom. The first-order valence-corrected chi connectivity index (χ1v) is 29.3. The number of aliphatic hydroxyl groups excluding tert-OH is 1. The highest BCUT2D eigenvalue weighted by atomic mass is 19.4. The normalized spacial score (nSPS) is 12.9. The van der Waals surface area contributed by atoms with Gasteiger partial charge < -0.3 is 55.9 Å². The number of aliphatic hydroxyl groups is 3. The molecule has 0 radical (unpaired) electrons. The van der Waals surface area contributed by atoms with Gasteiger partial charge in [-0.15, -0.1) is 0 Å². The highest BCUT2D eigenvalue weighted by Crippen LogP contribution is 2.32. The fraction of sp³-hybridized carbons (Fsp3) is 0.206. The van der Waals surface area contributed by atoms with Crippen molar-refractivity contribution in [2.75, 3.05) is 42.3 Å². The van der Waals surface area contributed by atoms with Gasteiger partial charge in [0.1, 0.15) is 76.4 Å². The molecule has 0 bridgehead atoms. The predicted molar refractivity (Wildman–Crippen MR) is 335 cm³/mol. The quantitative estimate of drug-likeness (QED) is 0.0303. The van der Waals surface area contributed by atoms with Crippen LogP contribution >= 0.6 is 0 Å².